The van der Waals surface area contributed by atoms with E-state index in [0.29, 0.717) is 0 Å². The summed E-state index contributed by atoms with van der Waals surface area (Å²) in [6, 6.07) is 0. The molecule has 2 unspecified atom stereocenters. The van der Waals surface area contributed by atoms with Gasteiger partial charge in [-0.05, 0) is 13.8 Å². The monoisotopic (exact) mass is 654 g/mol. The van der Waals surface area contributed by atoms with E-state index in [-0.39, 0.29) is 0 Å². The number of aliphatic hydroxyl groups is 2. The van der Waals surface area contributed by atoms with Crippen LogP contribution in [0.2, 0.25) is 0 Å². The number of hydrogen-bond donors (Lipinski definition) is 4. The Labute approximate surface area is 262 Å². The van der Waals surface area contributed by atoms with Crippen molar-refractivity contribution < 1.29 is 76.9 Å². The maximum Gasteiger partial charge on any atom is 0.408 e. The number of cyclic esters (lactones) is 1. The molecule has 0 fully saturated rings. The van der Waals surface area contributed by atoms with Crippen LogP contribution in [-0.2, 0) is 57.1 Å². The lowest BCUT2D eigenvalue weighted by Gasteiger charge is -2.31. The van der Waals surface area contributed by atoms with Gasteiger partial charge >= 0.3 is 42.0 Å². The van der Waals surface area contributed by atoms with E-state index in [1.807, 2.05) is 0 Å². The molecule has 0 aromatic rings. The minimum absolute atomic E-state index is 0.539. The minimum atomic E-state index is -1.87. The number of rotatable bonds is 18. The van der Waals surface area contributed by atoms with Crippen molar-refractivity contribution in [3.05, 3.63) is 62.1 Å². The van der Waals surface area contributed by atoms with Crippen LogP contribution in [0.3, 0.4) is 0 Å². The fraction of sp³-hybridized carbons (Fsp3) is 0.393. The summed E-state index contributed by atoms with van der Waals surface area (Å²) >= 11 is 0. The molecule has 1 rings (SSSR count). The second-order valence-electron chi connectivity index (χ2n) is 9.72. The van der Waals surface area contributed by atoms with Gasteiger partial charge in [-0.15, -0.1) is 0 Å². The number of alkyl carbamates (subject to hydrolysis) is 2. The van der Waals surface area contributed by atoms with Gasteiger partial charge in [-0.2, -0.15) is 0 Å². The second-order valence-corrected chi connectivity index (χ2v) is 9.72. The van der Waals surface area contributed by atoms with Crippen LogP contribution in [0.5, 0.6) is 0 Å². The van der Waals surface area contributed by atoms with Gasteiger partial charge in [-0.1, -0.05) is 26.3 Å². The molecule has 0 aromatic carbocycles. The quantitative estimate of drug-likeness (QED) is 0.0892. The van der Waals surface area contributed by atoms with Crippen LogP contribution < -0.4 is 10.6 Å². The molecule has 0 aliphatic carbocycles. The van der Waals surface area contributed by atoms with Crippen molar-refractivity contribution in [2.75, 3.05) is 33.0 Å². The van der Waals surface area contributed by atoms with Gasteiger partial charge in [-0.25, -0.2) is 33.6 Å². The smallest absolute Gasteiger partial charge is 0.408 e. The summed E-state index contributed by atoms with van der Waals surface area (Å²) in [5.74, 6) is -7.17. The molecule has 1 aliphatic rings. The predicted octanol–water partition coefficient (Wildman–Crippen LogP) is 0.495. The van der Waals surface area contributed by atoms with Gasteiger partial charge in [0.1, 0.15) is 44.1 Å². The standard InChI is InChI=1S/C28H34N2O16/c1-7-17(31)41-12-27(5,13-42-18(32)8-2)29-25(38)40-11-16(23-21(35)22(36)24(37)46-23)45-26(39)30-28(6,14-43-19(33)9-3)15-44-20(34)10-4/h7-10,16,23,35-36H,1-4,11-15H2,5-6H3,(H,29,38)(H,30,39). The molecule has 2 amide bonds. The molecule has 2 atom stereocenters. The lowest BCUT2D eigenvalue weighted by Crippen LogP contribution is -2.55. The molecule has 252 valence electrons. The Bertz CT molecular complexity index is 1240. The zero-order chi connectivity index (χ0) is 35.1. The summed E-state index contributed by atoms with van der Waals surface area (Å²) in [5, 5.41) is 24.5. The van der Waals surface area contributed by atoms with Gasteiger partial charge in [0.2, 0.25) is 11.9 Å². The molecule has 0 radical (unpaired) electrons. The summed E-state index contributed by atoms with van der Waals surface area (Å²) in [4.78, 5) is 83.8. The normalized spacial score (nSPS) is 14.7. The lowest BCUT2D eigenvalue weighted by atomic mass is 10.1. The van der Waals surface area contributed by atoms with E-state index in [1.165, 1.54) is 13.8 Å². The second kappa shape index (κ2) is 17.5. The van der Waals surface area contributed by atoms with Crippen molar-refractivity contribution in [3.63, 3.8) is 0 Å². The van der Waals surface area contributed by atoms with Gasteiger partial charge in [0.25, 0.3) is 0 Å². The number of carbonyl (C=O) groups excluding carboxylic acids is 7. The predicted molar refractivity (Wildman–Crippen MR) is 151 cm³/mol. The molecule has 0 aromatic heterocycles. The van der Waals surface area contributed by atoms with Crippen LogP contribution in [0.15, 0.2) is 62.1 Å². The molecule has 0 saturated heterocycles. The van der Waals surface area contributed by atoms with Crippen LogP contribution in [0, 0.1) is 0 Å². The molecule has 4 N–H and O–H groups in total. The Morgan fingerprint density at radius 1 is 0.739 bits per heavy atom. The summed E-state index contributed by atoms with van der Waals surface area (Å²) < 4.78 is 34.8. The van der Waals surface area contributed by atoms with Crippen LogP contribution in [0.1, 0.15) is 13.8 Å². The average molecular weight is 655 g/mol. The fourth-order valence-electron chi connectivity index (χ4n) is 3.14. The number of carbonyl (C=O) groups is 7. The first-order valence-corrected chi connectivity index (χ1v) is 13.0. The number of esters is 5. The SMILES string of the molecule is C=CC(=O)OCC(C)(COC(=O)C=C)NC(=O)OCC(OC(=O)NC(C)(COC(=O)C=C)COC(=O)C=C)C1OC(=O)C(O)=C1O. The van der Waals surface area contributed by atoms with Crippen molar-refractivity contribution in [1.82, 2.24) is 10.6 Å². The van der Waals surface area contributed by atoms with Crippen LogP contribution in [-0.4, -0.2) is 109 Å². The molecule has 0 saturated carbocycles. The zero-order valence-electron chi connectivity index (χ0n) is 24.9. The van der Waals surface area contributed by atoms with Gasteiger partial charge in [0.05, 0.1) is 0 Å². The Morgan fingerprint density at radius 3 is 1.43 bits per heavy atom. The third-order valence-electron chi connectivity index (χ3n) is 5.52. The Kier molecular flexibility index (Phi) is 14.5. The average Bonchev–Trinajstić information content (AvgIpc) is 3.28. The van der Waals surface area contributed by atoms with Crippen molar-refractivity contribution in [2.24, 2.45) is 0 Å². The summed E-state index contributed by atoms with van der Waals surface area (Å²) in [6.07, 6.45) is -2.97. The van der Waals surface area contributed by atoms with E-state index in [1.54, 1.807) is 0 Å². The van der Waals surface area contributed by atoms with Gasteiger partial charge < -0.3 is 54.0 Å². The van der Waals surface area contributed by atoms with Crippen molar-refractivity contribution >= 4 is 42.0 Å². The third kappa shape index (κ3) is 12.4. The van der Waals surface area contributed by atoms with Crippen LogP contribution in [0.25, 0.3) is 0 Å². The highest BCUT2D eigenvalue weighted by molar-refractivity contribution is 5.89. The summed E-state index contributed by atoms with van der Waals surface area (Å²) in [5.41, 5.74) is -3.23. The number of hydrogen-bond acceptors (Lipinski definition) is 16. The molecule has 46 heavy (non-hydrogen) atoms. The molecule has 18 nitrogen and oxygen atoms in total. The van der Waals surface area contributed by atoms with Gasteiger partial charge in [-0.3, -0.25) is 0 Å². The number of aliphatic hydroxyl groups excluding tert-OH is 2. The van der Waals surface area contributed by atoms with E-state index in [9.17, 15) is 43.8 Å². The van der Waals surface area contributed by atoms with Gasteiger partial charge in [0, 0.05) is 24.3 Å². The third-order valence-corrected chi connectivity index (χ3v) is 5.52. The highest BCUT2D eigenvalue weighted by Gasteiger charge is 2.44. The van der Waals surface area contributed by atoms with E-state index in [4.69, 9.17) is 33.2 Å². The maximum absolute atomic E-state index is 12.9. The minimum Gasteiger partial charge on any atom is -0.505 e. The first-order valence-electron chi connectivity index (χ1n) is 13.0. The van der Waals surface area contributed by atoms with E-state index < -0.39 is 110 Å². The number of ether oxygens (including phenoxy) is 7. The summed E-state index contributed by atoms with van der Waals surface area (Å²) in [7, 11) is 0. The molecule has 1 aliphatic heterocycles. The highest BCUT2D eigenvalue weighted by atomic mass is 16.6. The molecule has 1 heterocycles. The Balaban J connectivity index is 3.16. The number of amides is 2. The molecule has 0 spiro atoms. The fourth-order valence-corrected chi connectivity index (χ4v) is 3.14. The first-order chi connectivity index (χ1) is 21.5. The highest BCUT2D eigenvalue weighted by Crippen LogP contribution is 2.24. The topological polar surface area (TPSA) is 249 Å². The molecule has 0 bridgehead atoms. The number of nitrogens with one attached hydrogen (secondary N) is 2. The zero-order valence-corrected chi connectivity index (χ0v) is 24.9. The van der Waals surface area contributed by atoms with Crippen LogP contribution >= 0.6 is 0 Å². The van der Waals surface area contributed by atoms with E-state index in [0.717, 1.165) is 24.3 Å². The van der Waals surface area contributed by atoms with E-state index in [2.05, 4.69) is 36.9 Å². The summed E-state index contributed by atoms with van der Waals surface area (Å²) in [6.45, 7) is 12.4. The first kappa shape index (κ1) is 38.2. The molecule has 18 heteroatoms. The van der Waals surface area contributed by atoms with Crippen molar-refractivity contribution in [3.8, 4) is 0 Å². The van der Waals surface area contributed by atoms with Crippen molar-refractivity contribution in [2.45, 2.75) is 37.1 Å². The van der Waals surface area contributed by atoms with Crippen LogP contribution in [0.4, 0.5) is 9.59 Å². The van der Waals surface area contributed by atoms with Gasteiger partial charge in [0.15, 0.2) is 11.9 Å². The lowest BCUT2D eigenvalue weighted by molar-refractivity contribution is -0.149. The Morgan fingerprint density at radius 2 is 1.11 bits per heavy atom. The van der Waals surface area contributed by atoms with Crippen molar-refractivity contribution in [1.29, 1.82) is 0 Å². The maximum atomic E-state index is 12.9. The molecular formula is C28H34N2O16. The molecular weight excluding hydrogens is 620 g/mol. The van der Waals surface area contributed by atoms with E-state index >= 15 is 0 Å². The largest absolute Gasteiger partial charge is 0.505 e. The Hall–Kier alpha value is -5.81.